The highest BCUT2D eigenvalue weighted by molar-refractivity contribution is 5.89. The summed E-state index contributed by atoms with van der Waals surface area (Å²) in [5, 5.41) is 5.25. The largest absolute Gasteiger partial charge is 0.383 e. The van der Waals surface area contributed by atoms with Gasteiger partial charge in [-0.25, -0.2) is 9.18 Å². The van der Waals surface area contributed by atoms with Crippen molar-refractivity contribution in [3.63, 3.8) is 0 Å². The van der Waals surface area contributed by atoms with Gasteiger partial charge in [0.05, 0.1) is 12.6 Å². The molecular formula is C12H18FN3O2. The molecule has 1 aromatic carbocycles. The van der Waals surface area contributed by atoms with E-state index in [0.29, 0.717) is 25.3 Å². The number of rotatable bonds is 6. The molecule has 0 aromatic heterocycles. The van der Waals surface area contributed by atoms with Crippen LogP contribution in [-0.4, -0.2) is 32.3 Å². The molecule has 1 unspecified atom stereocenters. The van der Waals surface area contributed by atoms with Gasteiger partial charge in [0, 0.05) is 12.8 Å². The Morgan fingerprint density at radius 2 is 2.33 bits per heavy atom. The molecule has 1 aromatic rings. The van der Waals surface area contributed by atoms with Crippen LogP contribution in [0.3, 0.4) is 0 Å². The third-order valence-corrected chi connectivity index (χ3v) is 2.30. The molecular weight excluding hydrogens is 237 g/mol. The van der Waals surface area contributed by atoms with Crippen LogP contribution < -0.4 is 16.4 Å². The standard InChI is InChI=1S/C12H18FN3O2/c1-18-8-11(5-6-14)16-12(17)15-10-4-2-3-9(13)7-10/h2-4,7,11H,5-6,8,14H2,1H3,(H2,15,16,17). The van der Waals surface area contributed by atoms with Crippen LogP contribution in [0.4, 0.5) is 14.9 Å². The van der Waals surface area contributed by atoms with E-state index in [2.05, 4.69) is 10.6 Å². The monoisotopic (exact) mass is 255 g/mol. The number of hydrogen-bond donors (Lipinski definition) is 3. The van der Waals surface area contributed by atoms with Crippen LogP contribution in [0.15, 0.2) is 24.3 Å². The number of methoxy groups -OCH3 is 1. The highest BCUT2D eigenvalue weighted by Gasteiger charge is 2.11. The van der Waals surface area contributed by atoms with Gasteiger partial charge in [-0.05, 0) is 31.2 Å². The zero-order valence-corrected chi connectivity index (χ0v) is 10.3. The smallest absolute Gasteiger partial charge is 0.319 e. The molecule has 6 heteroatoms. The third kappa shape index (κ3) is 5.11. The van der Waals surface area contributed by atoms with Crippen molar-refractivity contribution < 1.29 is 13.9 Å². The SMILES string of the molecule is COCC(CCN)NC(=O)Nc1cccc(F)c1. The van der Waals surface area contributed by atoms with Gasteiger partial charge in [-0.2, -0.15) is 0 Å². The van der Waals surface area contributed by atoms with Gasteiger partial charge in [0.25, 0.3) is 0 Å². The van der Waals surface area contributed by atoms with Gasteiger partial charge in [0.2, 0.25) is 0 Å². The zero-order valence-electron chi connectivity index (χ0n) is 10.3. The lowest BCUT2D eigenvalue weighted by Gasteiger charge is -2.17. The third-order valence-electron chi connectivity index (χ3n) is 2.30. The number of carbonyl (C=O) groups excluding carboxylic acids is 1. The number of amides is 2. The number of anilines is 1. The van der Waals surface area contributed by atoms with E-state index in [1.165, 1.54) is 18.2 Å². The Labute approximate surface area is 106 Å². The molecule has 1 rings (SSSR count). The number of halogens is 1. The van der Waals surface area contributed by atoms with Crippen LogP contribution in [0, 0.1) is 5.82 Å². The predicted molar refractivity (Wildman–Crippen MR) is 67.9 cm³/mol. The molecule has 18 heavy (non-hydrogen) atoms. The Kier molecular flexibility index (Phi) is 6.10. The van der Waals surface area contributed by atoms with Crippen molar-refractivity contribution in [1.29, 1.82) is 0 Å². The van der Waals surface area contributed by atoms with E-state index in [-0.39, 0.29) is 6.04 Å². The molecule has 2 amide bonds. The molecule has 0 aliphatic rings. The second-order valence-corrected chi connectivity index (χ2v) is 3.84. The maximum Gasteiger partial charge on any atom is 0.319 e. The van der Waals surface area contributed by atoms with E-state index < -0.39 is 11.8 Å². The summed E-state index contributed by atoms with van der Waals surface area (Å²) in [4.78, 5) is 11.6. The molecule has 0 radical (unpaired) electrons. The van der Waals surface area contributed by atoms with Crippen molar-refractivity contribution in [2.75, 3.05) is 25.6 Å². The van der Waals surface area contributed by atoms with E-state index in [1.54, 1.807) is 13.2 Å². The van der Waals surface area contributed by atoms with Gasteiger partial charge in [-0.15, -0.1) is 0 Å². The van der Waals surface area contributed by atoms with Crippen molar-refractivity contribution in [3.8, 4) is 0 Å². The number of carbonyl (C=O) groups is 1. The van der Waals surface area contributed by atoms with Crippen LogP contribution in [0.25, 0.3) is 0 Å². The first kappa shape index (κ1) is 14.4. The normalized spacial score (nSPS) is 11.9. The van der Waals surface area contributed by atoms with Crippen molar-refractivity contribution in [2.24, 2.45) is 5.73 Å². The number of hydrogen-bond acceptors (Lipinski definition) is 3. The summed E-state index contributed by atoms with van der Waals surface area (Å²) in [6.45, 7) is 0.835. The van der Waals surface area contributed by atoms with Crippen LogP contribution in [0.2, 0.25) is 0 Å². The number of urea groups is 1. The van der Waals surface area contributed by atoms with Gasteiger partial charge >= 0.3 is 6.03 Å². The summed E-state index contributed by atoms with van der Waals surface area (Å²) >= 11 is 0. The van der Waals surface area contributed by atoms with Crippen molar-refractivity contribution in [3.05, 3.63) is 30.1 Å². The van der Waals surface area contributed by atoms with Gasteiger partial charge in [-0.1, -0.05) is 6.07 Å². The van der Waals surface area contributed by atoms with Crippen LogP contribution in [-0.2, 0) is 4.74 Å². The zero-order chi connectivity index (χ0) is 13.4. The molecule has 0 aliphatic heterocycles. The Balaban J connectivity index is 2.49. The number of nitrogens with two attached hydrogens (primary N) is 1. The van der Waals surface area contributed by atoms with Gasteiger partial charge in [0.15, 0.2) is 0 Å². The topological polar surface area (TPSA) is 76.4 Å². The maximum atomic E-state index is 12.9. The van der Waals surface area contributed by atoms with Crippen LogP contribution in [0.1, 0.15) is 6.42 Å². The van der Waals surface area contributed by atoms with E-state index >= 15 is 0 Å². The summed E-state index contributed by atoms with van der Waals surface area (Å²) in [7, 11) is 1.55. The summed E-state index contributed by atoms with van der Waals surface area (Å²) in [6, 6.07) is 5.12. The van der Waals surface area contributed by atoms with Crippen LogP contribution in [0.5, 0.6) is 0 Å². The van der Waals surface area contributed by atoms with E-state index in [1.807, 2.05) is 0 Å². The minimum Gasteiger partial charge on any atom is -0.383 e. The van der Waals surface area contributed by atoms with E-state index in [0.717, 1.165) is 0 Å². The molecule has 100 valence electrons. The molecule has 0 saturated carbocycles. The van der Waals surface area contributed by atoms with Crippen molar-refractivity contribution in [2.45, 2.75) is 12.5 Å². The average molecular weight is 255 g/mol. The lowest BCUT2D eigenvalue weighted by Crippen LogP contribution is -2.41. The fraction of sp³-hybridized carbons (Fsp3) is 0.417. The Morgan fingerprint density at radius 3 is 2.94 bits per heavy atom. The molecule has 4 N–H and O–H groups in total. The summed E-state index contributed by atoms with van der Waals surface area (Å²) in [5.74, 6) is -0.400. The minimum absolute atomic E-state index is 0.159. The first-order valence-corrected chi connectivity index (χ1v) is 5.67. The van der Waals surface area contributed by atoms with Gasteiger partial charge < -0.3 is 21.1 Å². The van der Waals surface area contributed by atoms with Crippen LogP contribution >= 0.6 is 0 Å². The molecule has 0 spiro atoms. The quantitative estimate of drug-likeness (QED) is 0.717. The summed E-state index contributed by atoms with van der Waals surface area (Å²) in [6.07, 6.45) is 0.615. The molecule has 0 bridgehead atoms. The van der Waals surface area contributed by atoms with E-state index in [4.69, 9.17) is 10.5 Å². The predicted octanol–water partition coefficient (Wildman–Crippen LogP) is 1.31. The number of nitrogens with one attached hydrogen (secondary N) is 2. The maximum absolute atomic E-state index is 12.9. The molecule has 0 aliphatic carbocycles. The Bertz CT molecular complexity index is 381. The Morgan fingerprint density at radius 1 is 1.56 bits per heavy atom. The lowest BCUT2D eigenvalue weighted by atomic mass is 10.2. The highest BCUT2D eigenvalue weighted by atomic mass is 19.1. The lowest BCUT2D eigenvalue weighted by molar-refractivity contribution is 0.164. The fourth-order valence-corrected chi connectivity index (χ4v) is 1.52. The fourth-order valence-electron chi connectivity index (χ4n) is 1.52. The second-order valence-electron chi connectivity index (χ2n) is 3.84. The molecule has 0 saturated heterocycles. The van der Waals surface area contributed by atoms with Gasteiger partial charge in [-0.3, -0.25) is 0 Å². The number of benzene rings is 1. The van der Waals surface area contributed by atoms with Gasteiger partial charge in [0.1, 0.15) is 5.82 Å². The minimum atomic E-state index is -0.406. The first-order chi connectivity index (χ1) is 8.65. The van der Waals surface area contributed by atoms with E-state index in [9.17, 15) is 9.18 Å². The van der Waals surface area contributed by atoms with Crippen molar-refractivity contribution >= 4 is 11.7 Å². The first-order valence-electron chi connectivity index (χ1n) is 5.67. The second kappa shape index (κ2) is 7.62. The molecule has 0 heterocycles. The molecule has 1 atom stereocenters. The molecule has 5 nitrogen and oxygen atoms in total. The molecule has 0 fully saturated rings. The highest BCUT2D eigenvalue weighted by Crippen LogP contribution is 2.08. The van der Waals surface area contributed by atoms with Crippen molar-refractivity contribution in [1.82, 2.24) is 5.32 Å². The average Bonchev–Trinajstić information content (AvgIpc) is 2.29. The summed E-state index contributed by atoms with van der Waals surface area (Å²) in [5.41, 5.74) is 5.83. The number of ether oxygens (including phenoxy) is 1. The summed E-state index contributed by atoms with van der Waals surface area (Å²) < 4.78 is 17.9. The Hall–Kier alpha value is -1.66.